The number of nitrogens with two attached hydrogens (primary N) is 2. The van der Waals surface area contributed by atoms with E-state index in [1.54, 1.807) is 0 Å². The van der Waals surface area contributed by atoms with E-state index in [1.165, 1.54) is 21.5 Å². The van der Waals surface area contributed by atoms with Crippen LogP contribution in [-0.2, 0) is 0 Å². The molecule has 0 aliphatic heterocycles. The molecule has 42 heavy (non-hydrogen) atoms. The molecule has 4 N–H and O–H groups in total. The highest BCUT2D eigenvalue weighted by atomic mass is 16.5. The maximum absolute atomic E-state index is 6.05. The molecular weight excluding hydrogens is 516 g/mol. The Balaban J connectivity index is 0.921. The molecule has 0 aromatic heterocycles. The van der Waals surface area contributed by atoms with Gasteiger partial charge in [0, 0.05) is 11.4 Å². The molecule has 0 unspecified atom stereocenters. The van der Waals surface area contributed by atoms with Gasteiger partial charge in [0.1, 0.15) is 11.5 Å². The van der Waals surface area contributed by atoms with E-state index in [9.17, 15) is 0 Å². The SMILES string of the molecule is Nc1cccc(-c2ccc3cc(OCCCCCCOc4ccc5cc(-c6cccc(N)c6)ccc5c4)ccc3c2)c1. The van der Waals surface area contributed by atoms with E-state index in [2.05, 4.69) is 84.9 Å². The number of rotatable bonds is 11. The normalized spacial score (nSPS) is 11.1. The number of unbranched alkanes of at least 4 members (excludes halogenated alkanes) is 3. The van der Waals surface area contributed by atoms with E-state index in [0.717, 1.165) is 84.0 Å². The number of ether oxygens (including phenoxy) is 2. The van der Waals surface area contributed by atoms with Crippen LogP contribution in [0, 0.1) is 0 Å². The van der Waals surface area contributed by atoms with Gasteiger partial charge < -0.3 is 20.9 Å². The minimum Gasteiger partial charge on any atom is -0.494 e. The standard InChI is InChI=1S/C38H36N2O2/c39-35-9-5-7-27(23-35)29-11-13-33-25-37(17-15-31(33)21-29)41-19-3-1-2-4-20-42-38-18-16-32-22-30(12-14-34(32)26-38)28-8-6-10-36(40)24-28/h5-18,21-26H,1-4,19-20,39-40H2. The summed E-state index contributed by atoms with van der Waals surface area (Å²) in [5.74, 6) is 1.83. The van der Waals surface area contributed by atoms with E-state index in [0.29, 0.717) is 0 Å². The second-order valence-electron chi connectivity index (χ2n) is 10.8. The predicted octanol–water partition coefficient (Wildman–Crippen LogP) is 9.51. The monoisotopic (exact) mass is 552 g/mol. The summed E-state index contributed by atoms with van der Waals surface area (Å²) in [5.41, 5.74) is 18.1. The van der Waals surface area contributed by atoms with Gasteiger partial charge in [-0.05, 0) is 130 Å². The van der Waals surface area contributed by atoms with Gasteiger partial charge in [-0.2, -0.15) is 0 Å². The molecule has 0 radical (unpaired) electrons. The Morgan fingerprint density at radius 2 is 0.786 bits per heavy atom. The zero-order chi connectivity index (χ0) is 28.7. The first-order valence-corrected chi connectivity index (χ1v) is 14.7. The highest BCUT2D eigenvalue weighted by molar-refractivity contribution is 5.89. The topological polar surface area (TPSA) is 70.5 Å². The Morgan fingerprint density at radius 1 is 0.381 bits per heavy atom. The molecule has 6 aromatic carbocycles. The third-order valence-electron chi connectivity index (χ3n) is 7.64. The van der Waals surface area contributed by atoms with Crippen LogP contribution in [0.2, 0.25) is 0 Å². The smallest absolute Gasteiger partial charge is 0.119 e. The summed E-state index contributed by atoms with van der Waals surface area (Å²) in [7, 11) is 0. The lowest BCUT2D eigenvalue weighted by Crippen LogP contribution is -2.00. The van der Waals surface area contributed by atoms with Crippen molar-refractivity contribution < 1.29 is 9.47 Å². The fourth-order valence-electron chi connectivity index (χ4n) is 5.36. The average Bonchev–Trinajstić information content (AvgIpc) is 3.01. The minimum atomic E-state index is 0.718. The van der Waals surface area contributed by atoms with E-state index in [4.69, 9.17) is 20.9 Å². The molecule has 0 fully saturated rings. The van der Waals surface area contributed by atoms with Crippen LogP contribution in [0.4, 0.5) is 11.4 Å². The molecule has 0 atom stereocenters. The van der Waals surface area contributed by atoms with Crippen LogP contribution in [-0.4, -0.2) is 13.2 Å². The number of hydrogen-bond acceptors (Lipinski definition) is 4. The fourth-order valence-corrected chi connectivity index (χ4v) is 5.36. The number of nitrogen functional groups attached to an aromatic ring is 2. The molecule has 0 aliphatic carbocycles. The van der Waals surface area contributed by atoms with Gasteiger partial charge in [0.05, 0.1) is 13.2 Å². The van der Waals surface area contributed by atoms with Gasteiger partial charge in [0.2, 0.25) is 0 Å². The second kappa shape index (κ2) is 12.7. The second-order valence-corrected chi connectivity index (χ2v) is 10.8. The van der Waals surface area contributed by atoms with Gasteiger partial charge >= 0.3 is 0 Å². The molecule has 210 valence electrons. The molecule has 0 amide bonds. The first-order valence-electron chi connectivity index (χ1n) is 14.7. The Labute approximate surface area is 247 Å². The summed E-state index contributed by atoms with van der Waals surface area (Å²) in [4.78, 5) is 0. The third-order valence-corrected chi connectivity index (χ3v) is 7.64. The Bertz CT molecular complexity index is 1690. The summed E-state index contributed by atoms with van der Waals surface area (Å²) >= 11 is 0. The lowest BCUT2D eigenvalue weighted by molar-refractivity contribution is 0.288. The van der Waals surface area contributed by atoms with Crippen molar-refractivity contribution in [3.8, 4) is 33.8 Å². The molecule has 0 spiro atoms. The Hall–Kier alpha value is -4.96. The quantitative estimate of drug-likeness (QED) is 0.124. The maximum Gasteiger partial charge on any atom is 0.119 e. The molecule has 4 heteroatoms. The average molecular weight is 553 g/mol. The van der Waals surface area contributed by atoms with Crippen LogP contribution in [0.3, 0.4) is 0 Å². The Morgan fingerprint density at radius 3 is 1.24 bits per heavy atom. The van der Waals surface area contributed by atoms with E-state index in [-0.39, 0.29) is 0 Å². The first-order chi connectivity index (χ1) is 20.6. The predicted molar refractivity (Wildman–Crippen MR) is 177 cm³/mol. The van der Waals surface area contributed by atoms with Gasteiger partial charge in [-0.1, -0.05) is 60.7 Å². The van der Waals surface area contributed by atoms with Crippen LogP contribution in [0.25, 0.3) is 43.8 Å². The molecule has 6 aromatic rings. The van der Waals surface area contributed by atoms with Crippen molar-refractivity contribution in [1.29, 1.82) is 0 Å². The third kappa shape index (κ3) is 6.67. The summed E-state index contributed by atoms with van der Waals surface area (Å²) in [6.07, 6.45) is 4.28. The van der Waals surface area contributed by atoms with Crippen molar-refractivity contribution in [3.63, 3.8) is 0 Å². The summed E-state index contributed by atoms with van der Waals surface area (Å²) in [6, 6.07) is 41.6. The van der Waals surface area contributed by atoms with Gasteiger partial charge in [-0.15, -0.1) is 0 Å². The number of fused-ring (bicyclic) bond motifs is 2. The van der Waals surface area contributed by atoms with Crippen molar-refractivity contribution >= 4 is 32.9 Å². The zero-order valence-electron chi connectivity index (χ0n) is 23.8. The first kappa shape index (κ1) is 27.2. The van der Waals surface area contributed by atoms with Gasteiger partial charge in [-0.25, -0.2) is 0 Å². The minimum absolute atomic E-state index is 0.718. The van der Waals surface area contributed by atoms with Crippen molar-refractivity contribution in [3.05, 3.63) is 121 Å². The van der Waals surface area contributed by atoms with Crippen LogP contribution in [0.5, 0.6) is 11.5 Å². The van der Waals surface area contributed by atoms with E-state index < -0.39 is 0 Å². The highest BCUT2D eigenvalue weighted by Crippen LogP contribution is 2.29. The van der Waals surface area contributed by atoms with Crippen LogP contribution in [0.15, 0.2) is 121 Å². The molecule has 0 heterocycles. The van der Waals surface area contributed by atoms with Crippen molar-refractivity contribution in [2.45, 2.75) is 25.7 Å². The molecule has 4 nitrogen and oxygen atoms in total. The Kier molecular flexibility index (Phi) is 8.23. The van der Waals surface area contributed by atoms with Crippen molar-refractivity contribution in [1.82, 2.24) is 0 Å². The summed E-state index contributed by atoms with van der Waals surface area (Å²) in [5, 5.41) is 4.73. The fraction of sp³-hybridized carbons (Fsp3) is 0.158. The lowest BCUT2D eigenvalue weighted by Gasteiger charge is -2.10. The summed E-state index contributed by atoms with van der Waals surface area (Å²) in [6.45, 7) is 1.44. The molecular formula is C38H36N2O2. The zero-order valence-corrected chi connectivity index (χ0v) is 23.8. The van der Waals surface area contributed by atoms with Gasteiger partial charge in [0.15, 0.2) is 0 Å². The molecule has 0 saturated carbocycles. The largest absolute Gasteiger partial charge is 0.494 e. The maximum atomic E-state index is 6.05. The van der Waals surface area contributed by atoms with Crippen LogP contribution >= 0.6 is 0 Å². The van der Waals surface area contributed by atoms with Crippen LogP contribution < -0.4 is 20.9 Å². The van der Waals surface area contributed by atoms with E-state index in [1.807, 2.05) is 36.4 Å². The van der Waals surface area contributed by atoms with Gasteiger partial charge in [-0.3, -0.25) is 0 Å². The van der Waals surface area contributed by atoms with Crippen LogP contribution in [0.1, 0.15) is 25.7 Å². The molecule has 0 aliphatic rings. The highest BCUT2D eigenvalue weighted by Gasteiger charge is 2.04. The molecule has 6 rings (SSSR count). The molecule has 0 bridgehead atoms. The number of hydrogen-bond donors (Lipinski definition) is 2. The lowest BCUT2D eigenvalue weighted by atomic mass is 10.0. The number of benzene rings is 6. The van der Waals surface area contributed by atoms with Gasteiger partial charge in [0.25, 0.3) is 0 Å². The number of anilines is 2. The van der Waals surface area contributed by atoms with Crippen molar-refractivity contribution in [2.75, 3.05) is 24.7 Å². The molecule has 0 saturated heterocycles. The van der Waals surface area contributed by atoms with E-state index >= 15 is 0 Å². The summed E-state index contributed by atoms with van der Waals surface area (Å²) < 4.78 is 12.1. The van der Waals surface area contributed by atoms with Crippen molar-refractivity contribution in [2.24, 2.45) is 0 Å².